The Morgan fingerprint density at radius 2 is 1.80 bits per heavy atom. The zero-order valence-electron chi connectivity index (χ0n) is 12.8. The molecule has 1 atom stereocenters. The van der Waals surface area contributed by atoms with Gasteiger partial charge in [-0.1, -0.05) is 41.9 Å². The number of carbonyl (C=O) groups is 2. The van der Waals surface area contributed by atoms with Gasteiger partial charge in [-0.15, -0.1) is 0 Å². The molecule has 0 fully saturated rings. The molecule has 4 N–H and O–H groups in total. The maximum atomic E-state index is 12.5. The van der Waals surface area contributed by atoms with Crippen LogP contribution in [0.3, 0.4) is 0 Å². The third-order valence-corrected chi connectivity index (χ3v) is 5.34. The van der Waals surface area contributed by atoms with Crippen molar-refractivity contribution in [2.24, 2.45) is 5.73 Å². The average molecular weight is 383 g/mol. The molecule has 0 aliphatic heterocycles. The molecule has 1 amide bonds. The van der Waals surface area contributed by atoms with Crippen molar-refractivity contribution in [2.75, 3.05) is 0 Å². The van der Waals surface area contributed by atoms with Crippen LogP contribution in [0.2, 0.25) is 5.02 Å². The number of carboxylic acid groups (broad SMARTS) is 1. The fourth-order valence-electron chi connectivity index (χ4n) is 2.14. The number of rotatable bonds is 7. The Balaban J connectivity index is 2.33. The van der Waals surface area contributed by atoms with E-state index in [-0.39, 0.29) is 17.0 Å². The first-order chi connectivity index (χ1) is 11.7. The summed E-state index contributed by atoms with van der Waals surface area (Å²) >= 11 is 5.88. The monoisotopic (exact) mass is 382 g/mol. The molecule has 0 aromatic heterocycles. The van der Waals surface area contributed by atoms with E-state index in [9.17, 15) is 18.0 Å². The standard InChI is InChI=1S/C16H15ClN2O5S/c17-12-7-6-11(16(21)22)9-14(12)25(23,24)19-13(15(18)20)8-10-4-2-1-3-5-10/h1-7,9,13,19H,8H2,(H2,18,20)(H,21,22). The largest absolute Gasteiger partial charge is 0.478 e. The van der Waals surface area contributed by atoms with Crippen LogP contribution in [-0.2, 0) is 21.2 Å². The zero-order valence-corrected chi connectivity index (χ0v) is 14.4. The van der Waals surface area contributed by atoms with Gasteiger partial charge in [0.15, 0.2) is 0 Å². The predicted octanol–water partition coefficient (Wildman–Crippen LogP) is 1.41. The fourth-order valence-corrected chi connectivity index (χ4v) is 3.87. The molecule has 1 unspecified atom stereocenters. The second kappa shape index (κ2) is 7.64. The minimum atomic E-state index is -4.26. The highest BCUT2D eigenvalue weighted by Crippen LogP contribution is 2.23. The highest BCUT2D eigenvalue weighted by atomic mass is 35.5. The molecule has 2 aromatic rings. The van der Waals surface area contributed by atoms with Gasteiger partial charge in [-0.3, -0.25) is 4.79 Å². The van der Waals surface area contributed by atoms with Gasteiger partial charge in [0.1, 0.15) is 10.9 Å². The van der Waals surface area contributed by atoms with Crippen molar-refractivity contribution in [1.29, 1.82) is 0 Å². The molecule has 0 saturated carbocycles. The summed E-state index contributed by atoms with van der Waals surface area (Å²) in [5.74, 6) is -2.17. The molecule has 0 spiro atoms. The first kappa shape index (κ1) is 18.9. The normalized spacial score (nSPS) is 12.5. The number of primary amides is 1. The minimum Gasteiger partial charge on any atom is -0.478 e. The van der Waals surface area contributed by atoms with Gasteiger partial charge in [0.2, 0.25) is 15.9 Å². The lowest BCUT2D eigenvalue weighted by atomic mass is 10.1. The lowest BCUT2D eigenvalue weighted by molar-refractivity contribution is -0.119. The van der Waals surface area contributed by atoms with E-state index in [2.05, 4.69) is 4.72 Å². The van der Waals surface area contributed by atoms with Crippen molar-refractivity contribution in [3.63, 3.8) is 0 Å². The van der Waals surface area contributed by atoms with Gasteiger partial charge < -0.3 is 10.8 Å². The van der Waals surface area contributed by atoms with Crippen LogP contribution in [0.15, 0.2) is 53.4 Å². The summed E-state index contributed by atoms with van der Waals surface area (Å²) in [7, 11) is -4.26. The quantitative estimate of drug-likeness (QED) is 0.667. The van der Waals surface area contributed by atoms with Crippen molar-refractivity contribution in [3.05, 3.63) is 64.7 Å². The number of carboxylic acids is 1. The number of benzene rings is 2. The molecule has 0 aliphatic carbocycles. The van der Waals surface area contributed by atoms with E-state index >= 15 is 0 Å². The maximum Gasteiger partial charge on any atom is 0.335 e. The summed E-state index contributed by atoms with van der Waals surface area (Å²) in [5, 5.41) is 8.83. The molecule has 2 rings (SSSR count). The van der Waals surface area contributed by atoms with E-state index in [1.807, 2.05) is 0 Å². The molecule has 7 nitrogen and oxygen atoms in total. The smallest absolute Gasteiger partial charge is 0.335 e. The van der Waals surface area contributed by atoms with Crippen LogP contribution in [0.1, 0.15) is 15.9 Å². The van der Waals surface area contributed by atoms with Gasteiger partial charge in [0.05, 0.1) is 10.6 Å². The van der Waals surface area contributed by atoms with Gasteiger partial charge in [0.25, 0.3) is 0 Å². The summed E-state index contributed by atoms with van der Waals surface area (Å²) in [6, 6.07) is 10.8. The van der Waals surface area contributed by atoms with Gasteiger partial charge in [-0.25, -0.2) is 13.2 Å². The molecule has 132 valence electrons. The molecule has 9 heteroatoms. The maximum absolute atomic E-state index is 12.5. The number of nitrogens with one attached hydrogen (secondary N) is 1. The molecule has 0 heterocycles. The third kappa shape index (κ3) is 4.79. The lowest BCUT2D eigenvalue weighted by Crippen LogP contribution is -2.45. The first-order valence-corrected chi connectivity index (χ1v) is 8.95. The van der Waals surface area contributed by atoms with Gasteiger partial charge in [-0.2, -0.15) is 4.72 Å². The van der Waals surface area contributed by atoms with E-state index in [4.69, 9.17) is 22.4 Å². The van der Waals surface area contributed by atoms with E-state index in [1.165, 1.54) is 6.07 Å². The highest BCUT2D eigenvalue weighted by molar-refractivity contribution is 7.89. The van der Waals surface area contributed by atoms with Crippen LogP contribution in [0.5, 0.6) is 0 Å². The summed E-state index contributed by atoms with van der Waals surface area (Å²) in [6.07, 6.45) is 0.0473. The zero-order chi connectivity index (χ0) is 18.6. The van der Waals surface area contributed by atoms with Crippen molar-refractivity contribution >= 4 is 33.5 Å². The third-order valence-electron chi connectivity index (χ3n) is 3.39. The Morgan fingerprint density at radius 1 is 1.16 bits per heavy atom. The molecule has 0 radical (unpaired) electrons. The number of aromatic carboxylic acids is 1. The Labute approximate surface area is 149 Å². The highest BCUT2D eigenvalue weighted by Gasteiger charge is 2.27. The van der Waals surface area contributed by atoms with Crippen LogP contribution in [0.25, 0.3) is 0 Å². The number of amides is 1. The van der Waals surface area contributed by atoms with Crippen LogP contribution >= 0.6 is 11.6 Å². The molecular weight excluding hydrogens is 368 g/mol. The number of hydrogen-bond donors (Lipinski definition) is 3. The molecule has 0 bridgehead atoms. The van der Waals surface area contributed by atoms with Crippen LogP contribution in [0.4, 0.5) is 0 Å². The number of nitrogens with two attached hydrogens (primary N) is 1. The van der Waals surface area contributed by atoms with E-state index in [1.54, 1.807) is 30.3 Å². The Bertz CT molecular complexity index is 900. The Hall–Kier alpha value is -2.42. The summed E-state index contributed by atoms with van der Waals surface area (Å²) < 4.78 is 27.3. The molecule has 2 aromatic carbocycles. The van der Waals surface area contributed by atoms with Crippen LogP contribution in [0, 0.1) is 0 Å². The first-order valence-electron chi connectivity index (χ1n) is 7.09. The Morgan fingerprint density at radius 3 is 2.36 bits per heavy atom. The second-order valence-electron chi connectivity index (χ2n) is 5.22. The summed E-state index contributed by atoms with van der Waals surface area (Å²) in [6.45, 7) is 0. The number of hydrogen-bond acceptors (Lipinski definition) is 4. The topological polar surface area (TPSA) is 127 Å². The molecule has 25 heavy (non-hydrogen) atoms. The molecule has 0 saturated heterocycles. The van der Waals surface area contributed by atoms with Crippen LogP contribution in [-0.4, -0.2) is 31.4 Å². The average Bonchev–Trinajstić information content (AvgIpc) is 2.55. The Kier molecular flexibility index (Phi) is 5.78. The van der Waals surface area contributed by atoms with Gasteiger partial charge >= 0.3 is 5.97 Å². The van der Waals surface area contributed by atoms with Crippen molar-refractivity contribution in [1.82, 2.24) is 4.72 Å². The minimum absolute atomic E-state index is 0.0473. The number of halogens is 1. The van der Waals surface area contributed by atoms with E-state index in [0.29, 0.717) is 5.56 Å². The lowest BCUT2D eigenvalue weighted by Gasteiger charge is -2.16. The van der Waals surface area contributed by atoms with Crippen molar-refractivity contribution in [3.8, 4) is 0 Å². The number of sulfonamides is 1. The molecule has 0 aliphatic rings. The van der Waals surface area contributed by atoms with Gasteiger partial charge in [-0.05, 0) is 30.2 Å². The molecular formula is C16H15ClN2O5S. The predicted molar refractivity (Wildman–Crippen MR) is 91.9 cm³/mol. The summed E-state index contributed by atoms with van der Waals surface area (Å²) in [5.41, 5.74) is 5.75. The van der Waals surface area contributed by atoms with E-state index < -0.39 is 32.8 Å². The van der Waals surface area contributed by atoms with Gasteiger partial charge in [0, 0.05) is 0 Å². The second-order valence-corrected chi connectivity index (χ2v) is 7.31. The summed E-state index contributed by atoms with van der Waals surface area (Å²) in [4.78, 5) is 22.2. The SMILES string of the molecule is NC(=O)C(Cc1ccccc1)NS(=O)(=O)c1cc(C(=O)O)ccc1Cl. The van der Waals surface area contributed by atoms with Crippen molar-refractivity contribution < 1.29 is 23.1 Å². The van der Waals surface area contributed by atoms with Crippen LogP contribution < -0.4 is 10.5 Å². The fraction of sp³-hybridized carbons (Fsp3) is 0.125. The van der Waals surface area contributed by atoms with E-state index in [0.717, 1.165) is 12.1 Å². The van der Waals surface area contributed by atoms with Crippen molar-refractivity contribution in [2.45, 2.75) is 17.4 Å². The number of carbonyl (C=O) groups excluding carboxylic acids is 1.